The van der Waals surface area contributed by atoms with Crippen LogP contribution in [0.15, 0.2) is 42.7 Å². The van der Waals surface area contributed by atoms with E-state index in [1.807, 2.05) is 27.7 Å². The van der Waals surface area contributed by atoms with Crippen LogP contribution in [0.1, 0.15) is 42.3 Å². The molecule has 0 saturated carbocycles. The molecule has 3 N–H and O–H groups in total. The molecule has 1 amide bonds. The average molecular weight is 569 g/mol. The van der Waals surface area contributed by atoms with Crippen molar-refractivity contribution in [2.24, 2.45) is 0 Å². The van der Waals surface area contributed by atoms with Gasteiger partial charge in [-0.25, -0.2) is 18.4 Å². The van der Waals surface area contributed by atoms with Gasteiger partial charge in [0.15, 0.2) is 5.75 Å². The topological polar surface area (TPSA) is 135 Å². The lowest BCUT2D eigenvalue weighted by Gasteiger charge is -2.28. The zero-order valence-electron chi connectivity index (χ0n) is 23.7. The van der Waals surface area contributed by atoms with E-state index in [0.29, 0.717) is 22.9 Å². The van der Waals surface area contributed by atoms with Crippen molar-refractivity contribution in [2.45, 2.75) is 33.1 Å². The maximum atomic E-state index is 13.4. The van der Waals surface area contributed by atoms with E-state index in [2.05, 4.69) is 30.2 Å². The van der Waals surface area contributed by atoms with Crippen LogP contribution in [0.2, 0.25) is 0 Å². The van der Waals surface area contributed by atoms with Crippen LogP contribution in [0.3, 0.4) is 0 Å². The molecule has 0 aliphatic carbocycles. The molecule has 1 fully saturated rings. The highest BCUT2D eigenvalue weighted by Crippen LogP contribution is 2.39. The van der Waals surface area contributed by atoms with Gasteiger partial charge in [0, 0.05) is 37.8 Å². The van der Waals surface area contributed by atoms with Gasteiger partial charge in [-0.3, -0.25) is 9.52 Å². The van der Waals surface area contributed by atoms with Crippen molar-refractivity contribution in [3.63, 3.8) is 0 Å². The van der Waals surface area contributed by atoms with Crippen LogP contribution in [0, 0.1) is 6.92 Å². The Hall–Kier alpha value is -3.90. The molecule has 2 heterocycles. The highest BCUT2D eigenvalue weighted by molar-refractivity contribution is 7.92. The number of benzene rings is 2. The van der Waals surface area contributed by atoms with Crippen LogP contribution in [-0.2, 0) is 15.4 Å². The van der Waals surface area contributed by atoms with E-state index in [4.69, 9.17) is 9.47 Å². The Labute approximate surface area is 235 Å². The van der Waals surface area contributed by atoms with E-state index in [-0.39, 0.29) is 16.9 Å². The van der Waals surface area contributed by atoms with E-state index in [1.165, 1.54) is 13.4 Å². The summed E-state index contributed by atoms with van der Waals surface area (Å²) >= 11 is 0. The fourth-order valence-electron chi connectivity index (χ4n) is 4.26. The Morgan fingerprint density at radius 3 is 2.40 bits per heavy atom. The first kappa shape index (κ1) is 29.1. The molecule has 214 valence electrons. The van der Waals surface area contributed by atoms with Crippen LogP contribution in [0.5, 0.6) is 17.4 Å². The van der Waals surface area contributed by atoms with Crippen molar-refractivity contribution in [2.75, 3.05) is 54.5 Å². The summed E-state index contributed by atoms with van der Waals surface area (Å²) in [5.41, 5.74) is 2.23. The molecule has 12 heteroatoms. The molecule has 40 heavy (non-hydrogen) atoms. The first-order chi connectivity index (χ1) is 18.8. The molecule has 11 nitrogen and oxygen atoms in total. The number of hydrogen-bond donors (Lipinski definition) is 3. The standard InChI is InChI=1S/C28H36N6O5S/c1-18-7-8-19(13-23(18)39-25-16-24(30-17-31-25)34-11-9-29-10-12-34)27(35)32-21-14-20(28(2,3)4)15-22(26(21)38-5)33-40(6,36)37/h7-8,13-17,29,33H,9-12H2,1-6H3,(H,32,35). The molecule has 0 bridgehead atoms. The van der Waals surface area contributed by atoms with E-state index < -0.39 is 15.9 Å². The Morgan fingerprint density at radius 1 is 1.05 bits per heavy atom. The first-order valence-electron chi connectivity index (χ1n) is 12.9. The molecule has 4 rings (SSSR count). The van der Waals surface area contributed by atoms with Crippen molar-refractivity contribution in [1.82, 2.24) is 15.3 Å². The van der Waals surface area contributed by atoms with Crippen molar-refractivity contribution < 1.29 is 22.7 Å². The summed E-state index contributed by atoms with van der Waals surface area (Å²) in [4.78, 5) is 24.2. The summed E-state index contributed by atoms with van der Waals surface area (Å²) in [7, 11) is -2.18. The van der Waals surface area contributed by atoms with E-state index in [1.54, 1.807) is 36.4 Å². The number of methoxy groups -OCH3 is 1. The average Bonchev–Trinajstić information content (AvgIpc) is 2.89. The molecule has 0 unspecified atom stereocenters. The number of anilines is 3. The number of aromatic nitrogens is 2. The summed E-state index contributed by atoms with van der Waals surface area (Å²) < 4.78 is 38.2. The van der Waals surface area contributed by atoms with Crippen LogP contribution in [-0.4, -0.2) is 63.8 Å². The summed E-state index contributed by atoms with van der Waals surface area (Å²) in [6, 6.07) is 10.4. The van der Waals surface area contributed by atoms with Crippen LogP contribution >= 0.6 is 0 Å². The smallest absolute Gasteiger partial charge is 0.255 e. The molecule has 0 radical (unpaired) electrons. The number of carbonyl (C=O) groups excluding carboxylic acids is 1. The van der Waals surface area contributed by atoms with Gasteiger partial charge in [0.2, 0.25) is 15.9 Å². The Balaban J connectivity index is 1.62. The van der Waals surface area contributed by atoms with Gasteiger partial charge in [-0.15, -0.1) is 0 Å². The van der Waals surface area contributed by atoms with E-state index in [0.717, 1.165) is 49.4 Å². The van der Waals surface area contributed by atoms with Crippen molar-refractivity contribution in [1.29, 1.82) is 0 Å². The van der Waals surface area contributed by atoms with Gasteiger partial charge >= 0.3 is 0 Å². The molecule has 1 aliphatic heterocycles. The number of nitrogens with one attached hydrogen (secondary N) is 3. The van der Waals surface area contributed by atoms with Crippen LogP contribution in [0.25, 0.3) is 0 Å². The molecule has 2 aromatic carbocycles. The minimum Gasteiger partial charge on any atom is -0.492 e. The quantitative estimate of drug-likeness (QED) is 0.370. The van der Waals surface area contributed by atoms with Crippen molar-refractivity contribution in [3.8, 4) is 17.4 Å². The number of nitrogens with zero attached hydrogens (tertiary/aromatic N) is 3. The predicted molar refractivity (Wildman–Crippen MR) is 156 cm³/mol. The lowest BCUT2D eigenvalue weighted by Crippen LogP contribution is -2.43. The Bertz CT molecular complexity index is 1500. The molecular weight excluding hydrogens is 532 g/mol. The summed E-state index contributed by atoms with van der Waals surface area (Å²) in [6.45, 7) is 11.3. The Kier molecular flexibility index (Phi) is 8.50. The van der Waals surface area contributed by atoms with Gasteiger partial charge in [0.1, 0.15) is 17.9 Å². The molecule has 1 aliphatic rings. The second kappa shape index (κ2) is 11.7. The highest BCUT2D eigenvalue weighted by atomic mass is 32.2. The maximum Gasteiger partial charge on any atom is 0.255 e. The van der Waals surface area contributed by atoms with Crippen molar-refractivity contribution >= 4 is 33.1 Å². The van der Waals surface area contributed by atoms with Gasteiger partial charge in [0.25, 0.3) is 5.91 Å². The minimum absolute atomic E-state index is 0.205. The number of carbonyl (C=O) groups is 1. The lowest BCUT2D eigenvalue weighted by molar-refractivity contribution is 0.102. The first-order valence-corrected chi connectivity index (χ1v) is 14.8. The number of rotatable bonds is 8. The maximum absolute atomic E-state index is 13.4. The number of piperazine rings is 1. The van der Waals surface area contributed by atoms with E-state index >= 15 is 0 Å². The number of aryl methyl sites for hydroxylation is 1. The highest BCUT2D eigenvalue weighted by Gasteiger charge is 2.23. The SMILES string of the molecule is COc1c(NC(=O)c2ccc(C)c(Oc3cc(N4CCNCC4)ncn3)c2)cc(C(C)(C)C)cc1NS(C)(=O)=O. The van der Waals surface area contributed by atoms with E-state index in [9.17, 15) is 13.2 Å². The number of ether oxygens (including phenoxy) is 2. The fourth-order valence-corrected chi connectivity index (χ4v) is 4.81. The largest absolute Gasteiger partial charge is 0.492 e. The second-order valence-electron chi connectivity index (χ2n) is 10.7. The third kappa shape index (κ3) is 7.19. The summed E-state index contributed by atoms with van der Waals surface area (Å²) in [5.74, 6) is 1.43. The van der Waals surface area contributed by atoms with Gasteiger partial charge in [-0.1, -0.05) is 26.8 Å². The van der Waals surface area contributed by atoms with Gasteiger partial charge in [-0.2, -0.15) is 0 Å². The number of sulfonamides is 1. The molecule has 0 atom stereocenters. The summed E-state index contributed by atoms with van der Waals surface area (Å²) in [6.07, 6.45) is 2.53. The Morgan fingerprint density at radius 2 is 1.75 bits per heavy atom. The molecule has 1 aromatic heterocycles. The van der Waals surface area contributed by atoms with Crippen LogP contribution < -0.4 is 29.7 Å². The van der Waals surface area contributed by atoms with Gasteiger partial charge in [0.05, 0.1) is 24.7 Å². The second-order valence-corrected chi connectivity index (χ2v) is 12.5. The monoisotopic (exact) mass is 568 g/mol. The molecule has 1 saturated heterocycles. The lowest BCUT2D eigenvalue weighted by atomic mass is 9.86. The van der Waals surface area contributed by atoms with Gasteiger partial charge in [-0.05, 0) is 47.7 Å². The third-order valence-corrected chi connectivity index (χ3v) is 7.03. The minimum atomic E-state index is -3.60. The zero-order chi connectivity index (χ0) is 29.1. The zero-order valence-corrected chi connectivity index (χ0v) is 24.5. The fraction of sp³-hybridized carbons (Fsp3) is 0.393. The molecular formula is C28H36N6O5S. The summed E-state index contributed by atoms with van der Waals surface area (Å²) in [5, 5.41) is 6.21. The van der Waals surface area contributed by atoms with Gasteiger partial charge < -0.3 is 25.0 Å². The third-order valence-electron chi connectivity index (χ3n) is 6.44. The predicted octanol–water partition coefficient (Wildman–Crippen LogP) is 3.92. The normalized spacial score (nSPS) is 14.0. The van der Waals surface area contributed by atoms with Crippen molar-refractivity contribution in [3.05, 3.63) is 59.4 Å². The number of hydrogen-bond acceptors (Lipinski definition) is 9. The molecule has 0 spiro atoms. The van der Waals surface area contributed by atoms with Crippen LogP contribution in [0.4, 0.5) is 17.2 Å². The number of amides is 1. The molecule has 3 aromatic rings.